The predicted molar refractivity (Wildman–Crippen MR) is 70.8 cm³/mol. The number of hydrogen-bond acceptors (Lipinski definition) is 1. The summed E-state index contributed by atoms with van der Waals surface area (Å²) in [5.41, 5.74) is 10.1. The van der Waals surface area contributed by atoms with Gasteiger partial charge in [-0.25, -0.2) is 0 Å². The van der Waals surface area contributed by atoms with Gasteiger partial charge in [-0.1, -0.05) is 48.5 Å². The van der Waals surface area contributed by atoms with Gasteiger partial charge >= 0.3 is 0 Å². The molecule has 2 rings (SSSR count). The summed E-state index contributed by atoms with van der Waals surface area (Å²) < 4.78 is 0. The van der Waals surface area contributed by atoms with Crippen LogP contribution in [-0.4, -0.2) is 0 Å². The molecule has 0 bridgehead atoms. The van der Waals surface area contributed by atoms with Crippen LogP contribution in [0.15, 0.2) is 54.6 Å². The van der Waals surface area contributed by atoms with Crippen molar-refractivity contribution in [2.75, 3.05) is 5.73 Å². The van der Waals surface area contributed by atoms with Gasteiger partial charge in [-0.15, -0.1) is 0 Å². The average molecular weight is 209 g/mol. The number of anilines is 1. The van der Waals surface area contributed by atoms with Crippen LogP contribution >= 0.6 is 0 Å². The lowest BCUT2D eigenvalue weighted by Crippen LogP contribution is -1.83. The number of rotatable bonds is 2. The fourth-order valence-corrected chi connectivity index (χ4v) is 1.63. The summed E-state index contributed by atoms with van der Waals surface area (Å²) in [6.45, 7) is 2.12. The standard InChI is InChI=1S/C15H15N/c1-12(14-5-3-2-4-6-14)11-13-7-9-15(16)10-8-13/h2-11H,16H2,1H3. The van der Waals surface area contributed by atoms with Crippen molar-refractivity contribution in [1.29, 1.82) is 0 Å². The molecular weight excluding hydrogens is 194 g/mol. The zero-order chi connectivity index (χ0) is 11.4. The van der Waals surface area contributed by atoms with Crippen LogP contribution in [0.5, 0.6) is 0 Å². The van der Waals surface area contributed by atoms with Crippen molar-refractivity contribution < 1.29 is 0 Å². The Bertz CT molecular complexity index is 481. The van der Waals surface area contributed by atoms with Crippen LogP contribution < -0.4 is 5.73 Å². The van der Waals surface area contributed by atoms with Gasteiger partial charge in [0.25, 0.3) is 0 Å². The second-order valence-corrected chi connectivity index (χ2v) is 3.86. The molecule has 80 valence electrons. The molecule has 0 aliphatic heterocycles. The minimum absolute atomic E-state index is 0.800. The van der Waals surface area contributed by atoms with Crippen molar-refractivity contribution in [3.05, 3.63) is 65.7 Å². The lowest BCUT2D eigenvalue weighted by Gasteiger charge is -2.01. The van der Waals surface area contributed by atoms with Gasteiger partial charge in [0.1, 0.15) is 0 Å². The summed E-state index contributed by atoms with van der Waals surface area (Å²) >= 11 is 0. The van der Waals surface area contributed by atoms with Crippen LogP contribution in [0.2, 0.25) is 0 Å². The van der Waals surface area contributed by atoms with Gasteiger partial charge in [0.15, 0.2) is 0 Å². The lowest BCUT2D eigenvalue weighted by molar-refractivity contribution is 1.57. The van der Waals surface area contributed by atoms with Crippen molar-refractivity contribution in [2.24, 2.45) is 0 Å². The molecule has 2 aromatic rings. The second-order valence-electron chi connectivity index (χ2n) is 3.86. The van der Waals surface area contributed by atoms with E-state index in [4.69, 9.17) is 5.73 Å². The first-order chi connectivity index (χ1) is 7.75. The average Bonchev–Trinajstić information content (AvgIpc) is 2.33. The first kappa shape index (κ1) is 10.5. The molecule has 1 nitrogen and oxygen atoms in total. The third kappa shape index (κ3) is 2.51. The fourth-order valence-electron chi connectivity index (χ4n) is 1.63. The maximum absolute atomic E-state index is 5.65. The largest absolute Gasteiger partial charge is 0.399 e. The molecular formula is C15H15N. The highest BCUT2D eigenvalue weighted by molar-refractivity contribution is 5.80. The lowest BCUT2D eigenvalue weighted by atomic mass is 10.0. The first-order valence-corrected chi connectivity index (χ1v) is 5.35. The summed E-state index contributed by atoms with van der Waals surface area (Å²) in [6.07, 6.45) is 2.16. The zero-order valence-corrected chi connectivity index (χ0v) is 9.35. The zero-order valence-electron chi connectivity index (χ0n) is 9.35. The van der Waals surface area contributed by atoms with Gasteiger partial charge in [-0.05, 0) is 35.8 Å². The minimum atomic E-state index is 0.800. The maximum atomic E-state index is 5.65. The Morgan fingerprint density at radius 3 is 2.19 bits per heavy atom. The molecule has 0 saturated carbocycles. The van der Waals surface area contributed by atoms with E-state index in [0.717, 1.165) is 5.69 Å². The Kier molecular flexibility index (Phi) is 3.06. The van der Waals surface area contributed by atoms with Gasteiger partial charge in [0.2, 0.25) is 0 Å². The van der Waals surface area contributed by atoms with E-state index in [-0.39, 0.29) is 0 Å². The molecule has 0 radical (unpaired) electrons. The predicted octanol–water partition coefficient (Wildman–Crippen LogP) is 3.83. The van der Waals surface area contributed by atoms with Crippen molar-refractivity contribution in [1.82, 2.24) is 0 Å². The monoisotopic (exact) mass is 209 g/mol. The van der Waals surface area contributed by atoms with Crippen LogP contribution in [0.25, 0.3) is 11.6 Å². The molecule has 0 aliphatic rings. The van der Waals surface area contributed by atoms with Crippen LogP contribution in [0.3, 0.4) is 0 Å². The van der Waals surface area contributed by atoms with Crippen molar-refractivity contribution in [3.8, 4) is 0 Å². The third-order valence-corrected chi connectivity index (χ3v) is 2.55. The Morgan fingerprint density at radius 2 is 1.56 bits per heavy atom. The summed E-state index contributed by atoms with van der Waals surface area (Å²) in [5.74, 6) is 0. The highest BCUT2D eigenvalue weighted by Crippen LogP contribution is 2.17. The number of nitrogen functional groups attached to an aromatic ring is 1. The van der Waals surface area contributed by atoms with Gasteiger partial charge in [-0.3, -0.25) is 0 Å². The molecule has 0 heterocycles. The van der Waals surface area contributed by atoms with Crippen molar-refractivity contribution >= 4 is 17.3 Å². The van der Waals surface area contributed by atoms with Gasteiger partial charge in [0, 0.05) is 5.69 Å². The Balaban J connectivity index is 2.28. The molecule has 0 aromatic heterocycles. The highest BCUT2D eigenvalue weighted by Gasteiger charge is 1.94. The SMILES string of the molecule is CC(=Cc1ccc(N)cc1)c1ccccc1. The molecule has 16 heavy (non-hydrogen) atoms. The molecule has 0 atom stereocenters. The van der Waals surface area contributed by atoms with E-state index in [0.29, 0.717) is 0 Å². The van der Waals surface area contributed by atoms with E-state index in [2.05, 4.69) is 37.3 Å². The van der Waals surface area contributed by atoms with E-state index in [9.17, 15) is 0 Å². The van der Waals surface area contributed by atoms with Gasteiger partial charge in [-0.2, -0.15) is 0 Å². The van der Waals surface area contributed by atoms with E-state index in [1.54, 1.807) is 0 Å². The smallest absolute Gasteiger partial charge is 0.0314 e. The van der Waals surface area contributed by atoms with Crippen molar-refractivity contribution in [3.63, 3.8) is 0 Å². The van der Waals surface area contributed by atoms with E-state index >= 15 is 0 Å². The Hall–Kier alpha value is -2.02. The molecule has 0 fully saturated rings. The Morgan fingerprint density at radius 1 is 0.938 bits per heavy atom. The number of benzene rings is 2. The quantitative estimate of drug-likeness (QED) is 0.590. The molecule has 0 saturated heterocycles. The first-order valence-electron chi connectivity index (χ1n) is 5.35. The van der Waals surface area contributed by atoms with Crippen LogP contribution in [0.1, 0.15) is 18.1 Å². The molecule has 2 aromatic carbocycles. The molecule has 2 N–H and O–H groups in total. The van der Waals surface area contributed by atoms with Crippen LogP contribution in [0.4, 0.5) is 5.69 Å². The number of hydrogen-bond donors (Lipinski definition) is 1. The molecule has 1 heteroatoms. The normalized spacial score (nSPS) is 11.4. The van der Waals surface area contributed by atoms with Crippen LogP contribution in [0, 0.1) is 0 Å². The second kappa shape index (κ2) is 4.67. The summed E-state index contributed by atoms with van der Waals surface area (Å²) in [7, 11) is 0. The highest BCUT2D eigenvalue weighted by atomic mass is 14.5. The molecule has 0 amide bonds. The van der Waals surface area contributed by atoms with E-state index in [1.807, 2.05) is 30.3 Å². The van der Waals surface area contributed by atoms with Gasteiger partial charge < -0.3 is 5.73 Å². The van der Waals surface area contributed by atoms with Gasteiger partial charge in [0.05, 0.1) is 0 Å². The Labute approximate surface area is 96.2 Å². The molecule has 0 aliphatic carbocycles. The summed E-state index contributed by atoms with van der Waals surface area (Å²) in [4.78, 5) is 0. The minimum Gasteiger partial charge on any atom is -0.399 e. The summed E-state index contributed by atoms with van der Waals surface area (Å²) in [5, 5.41) is 0. The van der Waals surface area contributed by atoms with E-state index in [1.165, 1.54) is 16.7 Å². The topological polar surface area (TPSA) is 26.0 Å². The maximum Gasteiger partial charge on any atom is 0.0314 e. The molecule has 0 spiro atoms. The van der Waals surface area contributed by atoms with Crippen LogP contribution in [-0.2, 0) is 0 Å². The number of nitrogens with two attached hydrogens (primary N) is 1. The van der Waals surface area contributed by atoms with Crippen molar-refractivity contribution in [2.45, 2.75) is 6.92 Å². The number of allylic oxidation sites excluding steroid dienone is 1. The fraction of sp³-hybridized carbons (Fsp3) is 0.0667. The summed E-state index contributed by atoms with van der Waals surface area (Å²) in [6, 6.07) is 18.3. The van der Waals surface area contributed by atoms with E-state index < -0.39 is 0 Å². The molecule has 0 unspecified atom stereocenters. The third-order valence-electron chi connectivity index (χ3n) is 2.55.